The molecule has 0 spiro atoms. The Labute approximate surface area is 123 Å². The second kappa shape index (κ2) is 4.84. The zero-order valence-corrected chi connectivity index (χ0v) is 12.8. The van der Waals surface area contributed by atoms with Crippen molar-refractivity contribution in [3.05, 3.63) is 28.0 Å². The highest BCUT2D eigenvalue weighted by Crippen LogP contribution is 2.26. The molecule has 1 saturated heterocycles. The third kappa shape index (κ3) is 2.17. The predicted octanol–water partition coefficient (Wildman–Crippen LogP) is 4.25. The molecule has 3 rings (SSSR count). The van der Waals surface area contributed by atoms with Crippen LogP contribution in [0.3, 0.4) is 0 Å². The Balaban J connectivity index is 2.18. The lowest BCUT2D eigenvalue weighted by Gasteiger charge is -2.41. The Morgan fingerprint density at radius 3 is 2.63 bits per heavy atom. The lowest BCUT2D eigenvalue weighted by atomic mass is 10.00. The number of piperidine rings is 1. The molecule has 2 unspecified atom stereocenters. The van der Waals surface area contributed by atoms with E-state index in [0.717, 1.165) is 20.8 Å². The van der Waals surface area contributed by atoms with Gasteiger partial charge in [0.15, 0.2) is 4.77 Å². The number of aromatic amines is 1. The van der Waals surface area contributed by atoms with Crippen molar-refractivity contribution < 1.29 is 0 Å². The van der Waals surface area contributed by atoms with E-state index in [1.165, 1.54) is 19.3 Å². The first-order chi connectivity index (χ1) is 9.08. The standard InChI is InChI=1S/C14H18ClN3S/c1-9-4-3-5-10(2)17(9)18-13-7-6-11(15)8-12(13)16-14(18)19/h6-10H,3-5H2,1-2H3,(H,16,19). The van der Waals surface area contributed by atoms with Crippen molar-refractivity contribution in [2.75, 3.05) is 5.01 Å². The maximum atomic E-state index is 6.05. The molecule has 5 heteroatoms. The minimum absolute atomic E-state index is 0.505. The van der Waals surface area contributed by atoms with Crippen LogP contribution in [0.2, 0.25) is 5.02 Å². The van der Waals surface area contributed by atoms with Gasteiger partial charge in [-0.05, 0) is 63.5 Å². The number of rotatable bonds is 1. The van der Waals surface area contributed by atoms with Gasteiger partial charge in [0.2, 0.25) is 0 Å². The van der Waals surface area contributed by atoms with Gasteiger partial charge >= 0.3 is 0 Å². The number of H-pyrrole nitrogens is 1. The van der Waals surface area contributed by atoms with Crippen LogP contribution in [0.15, 0.2) is 18.2 Å². The molecule has 19 heavy (non-hydrogen) atoms. The molecule has 0 bridgehead atoms. The number of benzene rings is 1. The zero-order valence-electron chi connectivity index (χ0n) is 11.2. The molecule has 1 aromatic carbocycles. The Morgan fingerprint density at radius 1 is 1.26 bits per heavy atom. The van der Waals surface area contributed by atoms with E-state index in [-0.39, 0.29) is 0 Å². The van der Waals surface area contributed by atoms with Gasteiger partial charge in [-0.2, -0.15) is 0 Å². The van der Waals surface area contributed by atoms with Gasteiger partial charge in [-0.1, -0.05) is 11.6 Å². The van der Waals surface area contributed by atoms with E-state index in [4.69, 9.17) is 23.8 Å². The topological polar surface area (TPSA) is 24.0 Å². The molecule has 1 fully saturated rings. The van der Waals surface area contributed by atoms with Gasteiger partial charge in [-0.25, -0.2) is 4.68 Å². The summed E-state index contributed by atoms with van der Waals surface area (Å²) in [7, 11) is 0. The van der Waals surface area contributed by atoms with Gasteiger partial charge in [0, 0.05) is 17.1 Å². The molecule has 1 aliphatic heterocycles. The van der Waals surface area contributed by atoms with E-state index in [0.29, 0.717) is 12.1 Å². The lowest BCUT2D eigenvalue weighted by molar-refractivity contribution is 0.339. The maximum absolute atomic E-state index is 6.05. The molecule has 3 nitrogen and oxygen atoms in total. The second-order valence-corrected chi connectivity index (χ2v) is 6.24. The summed E-state index contributed by atoms with van der Waals surface area (Å²) in [6.07, 6.45) is 3.72. The molecule has 1 aromatic heterocycles. The molecule has 0 amide bonds. The van der Waals surface area contributed by atoms with Gasteiger partial charge < -0.3 is 9.99 Å². The van der Waals surface area contributed by atoms with Crippen molar-refractivity contribution >= 4 is 34.9 Å². The third-order valence-electron chi connectivity index (χ3n) is 4.00. The van der Waals surface area contributed by atoms with Gasteiger partial charge in [-0.15, -0.1) is 0 Å². The number of nitrogens with zero attached hydrogens (tertiary/aromatic N) is 2. The summed E-state index contributed by atoms with van der Waals surface area (Å²) in [6, 6.07) is 6.90. The highest BCUT2D eigenvalue weighted by Gasteiger charge is 2.26. The Kier molecular flexibility index (Phi) is 3.31. The fourth-order valence-corrected chi connectivity index (χ4v) is 3.58. The van der Waals surface area contributed by atoms with Gasteiger partial charge in [0.25, 0.3) is 0 Å². The minimum atomic E-state index is 0.505. The van der Waals surface area contributed by atoms with Crippen LogP contribution in [0.25, 0.3) is 11.0 Å². The summed E-state index contributed by atoms with van der Waals surface area (Å²) < 4.78 is 2.90. The highest BCUT2D eigenvalue weighted by molar-refractivity contribution is 7.71. The largest absolute Gasteiger partial charge is 0.329 e. The molecule has 1 N–H and O–H groups in total. The average molecular weight is 296 g/mol. The summed E-state index contributed by atoms with van der Waals surface area (Å²) in [5, 5.41) is 3.13. The molecule has 1 aliphatic rings. The number of hydrogen-bond acceptors (Lipinski definition) is 2. The molecule has 0 saturated carbocycles. The van der Waals surface area contributed by atoms with Crippen molar-refractivity contribution in [3.63, 3.8) is 0 Å². The molecule has 102 valence electrons. The molecule has 0 radical (unpaired) electrons. The van der Waals surface area contributed by atoms with E-state index >= 15 is 0 Å². The summed E-state index contributed by atoms with van der Waals surface area (Å²) in [5.41, 5.74) is 2.11. The first kappa shape index (κ1) is 13.0. The zero-order chi connectivity index (χ0) is 13.6. The fourth-order valence-electron chi connectivity index (χ4n) is 3.10. The SMILES string of the molecule is CC1CCCC(C)N1n1c(=S)[nH]c2cc(Cl)ccc21. The highest BCUT2D eigenvalue weighted by atomic mass is 35.5. The lowest BCUT2D eigenvalue weighted by Crippen LogP contribution is -2.50. The van der Waals surface area contributed by atoms with Crippen LogP contribution in [0, 0.1) is 4.77 Å². The number of fused-ring (bicyclic) bond motifs is 1. The van der Waals surface area contributed by atoms with Crippen molar-refractivity contribution in [2.24, 2.45) is 0 Å². The third-order valence-corrected chi connectivity index (χ3v) is 4.51. The molecule has 2 aromatic rings. The van der Waals surface area contributed by atoms with Crippen LogP contribution in [0.5, 0.6) is 0 Å². The van der Waals surface area contributed by atoms with E-state index in [2.05, 4.69) is 28.5 Å². The number of nitrogens with one attached hydrogen (secondary N) is 1. The number of imidazole rings is 1. The Hall–Kier alpha value is -1.00. The van der Waals surface area contributed by atoms with E-state index in [9.17, 15) is 0 Å². The second-order valence-electron chi connectivity index (χ2n) is 5.41. The summed E-state index contributed by atoms with van der Waals surface area (Å²) in [4.78, 5) is 3.26. The number of aromatic nitrogens is 2. The van der Waals surface area contributed by atoms with Crippen molar-refractivity contribution in [1.29, 1.82) is 0 Å². The first-order valence-corrected chi connectivity index (χ1v) is 7.55. The van der Waals surface area contributed by atoms with Gasteiger partial charge in [0.05, 0.1) is 11.0 Å². The van der Waals surface area contributed by atoms with E-state index < -0.39 is 0 Å². The maximum Gasteiger partial charge on any atom is 0.197 e. The van der Waals surface area contributed by atoms with E-state index in [1.54, 1.807) is 0 Å². The monoisotopic (exact) mass is 295 g/mol. The number of hydrogen-bond donors (Lipinski definition) is 1. The van der Waals surface area contributed by atoms with Crippen LogP contribution >= 0.6 is 23.8 Å². The van der Waals surface area contributed by atoms with E-state index in [1.807, 2.05) is 18.2 Å². The Morgan fingerprint density at radius 2 is 1.95 bits per heavy atom. The fraction of sp³-hybridized carbons (Fsp3) is 0.500. The predicted molar refractivity (Wildman–Crippen MR) is 83.1 cm³/mol. The Bertz CT molecular complexity index is 650. The molecular weight excluding hydrogens is 278 g/mol. The van der Waals surface area contributed by atoms with Crippen molar-refractivity contribution in [3.8, 4) is 0 Å². The average Bonchev–Trinajstić information content (AvgIpc) is 2.65. The van der Waals surface area contributed by atoms with Crippen LogP contribution in [-0.4, -0.2) is 21.7 Å². The van der Waals surface area contributed by atoms with Crippen LogP contribution in [-0.2, 0) is 0 Å². The normalized spacial score (nSPS) is 24.1. The smallest absolute Gasteiger partial charge is 0.197 e. The van der Waals surface area contributed by atoms with Crippen molar-refractivity contribution in [2.45, 2.75) is 45.2 Å². The van der Waals surface area contributed by atoms with Crippen molar-refractivity contribution in [1.82, 2.24) is 9.66 Å². The molecule has 2 heterocycles. The van der Waals surface area contributed by atoms with Gasteiger partial charge in [-0.3, -0.25) is 0 Å². The molecule has 0 aliphatic carbocycles. The van der Waals surface area contributed by atoms with Crippen LogP contribution < -0.4 is 5.01 Å². The van der Waals surface area contributed by atoms with Gasteiger partial charge in [0.1, 0.15) is 0 Å². The van der Waals surface area contributed by atoms with Crippen LogP contribution in [0.4, 0.5) is 0 Å². The molecular formula is C14H18ClN3S. The summed E-state index contributed by atoms with van der Waals surface area (Å²) in [5.74, 6) is 0. The summed E-state index contributed by atoms with van der Waals surface area (Å²) in [6.45, 7) is 4.54. The minimum Gasteiger partial charge on any atom is -0.329 e. The number of halogens is 1. The quantitative estimate of drug-likeness (QED) is 0.795. The molecule has 2 atom stereocenters. The first-order valence-electron chi connectivity index (χ1n) is 6.77. The summed E-state index contributed by atoms with van der Waals surface area (Å²) >= 11 is 11.6. The van der Waals surface area contributed by atoms with Crippen LogP contribution in [0.1, 0.15) is 33.1 Å².